The summed E-state index contributed by atoms with van der Waals surface area (Å²) in [4.78, 5) is 15.7. The molecule has 30 heavy (non-hydrogen) atoms. The first-order valence-electron chi connectivity index (χ1n) is 9.68. The third-order valence-electron chi connectivity index (χ3n) is 4.90. The molecule has 0 spiro atoms. The SMILES string of the molecule is Cc1ccc(N=Cc2c(OCc3ccc(C(=O)O)cc3)ccc3ccccc23)cc1. The Hall–Kier alpha value is -3.92. The molecule has 0 bridgehead atoms. The minimum absolute atomic E-state index is 0.260. The second-order valence-corrected chi connectivity index (χ2v) is 7.08. The van der Waals surface area contributed by atoms with Crippen LogP contribution in [0.1, 0.15) is 27.0 Å². The number of rotatable bonds is 6. The summed E-state index contributed by atoms with van der Waals surface area (Å²) < 4.78 is 6.10. The van der Waals surface area contributed by atoms with Gasteiger partial charge in [0, 0.05) is 11.8 Å². The Labute approximate surface area is 175 Å². The predicted octanol–water partition coefficient (Wildman–Crippen LogP) is 6.18. The number of carboxylic acids is 1. The molecule has 0 unspecified atom stereocenters. The first-order valence-corrected chi connectivity index (χ1v) is 9.68. The maximum atomic E-state index is 11.0. The molecule has 0 saturated carbocycles. The molecule has 0 aromatic heterocycles. The smallest absolute Gasteiger partial charge is 0.335 e. The van der Waals surface area contributed by atoms with Gasteiger partial charge in [-0.15, -0.1) is 0 Å². The van der Waals surface area contributed by atoms with Crippen LogP contribution in [0.4, 0.5) is 5.69 Å². The van der Waals surface area contributed by atoms with Crippen molar-refractivity contribution in [1.82, 2.24) is 0 Å². The number of carbonyl (C=O) groups is 1. The summed E-state index contributed by atoms with van der Waals surface area (Å²) in [5.41, 5.74) is 4.14. The van der Waals surface area contributed by atoms with Crippen LogP contribution in [0.2, 0.25) is 0 Å². The van der Waals surface area contributed by atoms with E-state index in [1.807, 2.05) is 61.7 Å². The zero-order valence-corrected chi connectivity index (χ0v) is 16.6. The highest BCUT2D eigenvalue weighted by Gasteiger charge is 2.08. The summed E-state index contributed by atoms with van der Waals surface area (Å²) in [6, 6.07) is 26.9. The van der Waals surface area contributed by atoms with Crippen LogP contribution < -0.4 is 4.74 Å². The highest BCUT2D eigenvalue weighted by molar-refractivity contribution is 6.03. The Morgan fingerprint density at radius 3 is 2.40 bits per heavy atom. The van der Waals surface area contributed by atoms with E-state index in [1.165, 1.54) is 5.56 Å². The molecular weight excluding hydrogens is 374 g/mol. The van der Waals surface area contributed by atoms with Crippen LogP contribution in [0.25, 0.3) is 10.8 Å². The molecule has 4 aromatic rings. The molecule has 0 radical (unpaired) electrons. The van der Waals surface area contributed by atoms with Crippen molar-refractivity contribution in [3.63, 3.8) is 0 Å². The summed E-state index contributed by atoms with van der Waals surface area (Å²) in [6.07, 6.45) is 1.84. The van der Waals surface area contributed by atoms with Crippen molar-refractivity contribution in [2.45, 2.75) is 13.5 Å². The molecule has 1 N–H and O–H groups in total. The van der Waals surface area contributed by atoms with Gasteiger partial charge in [-0.2, -0.15) is 0 Å². The first kappa shape index (κ1) is 19.4. The number of carboxylic acid groups (broad SMARTS) is 1. The van der Waals surface area contributed by atoms with Gasteiger partial charge in [0.15, 0.2) is 0 Å². The Morgan fingerprint density at radius 1 is 0.933 bits per heavy atom. The molecule has 4 aromatic carbocycles. The number of aromatic carboxylic acids is 1. The van der Waals surface area contributed by atoms with Crippen LogP contribution in [-0.2, 0) is 6.61 Å². The fraction of sp³-hybridized carbons (Fsp3) is 0.0769. The normalized spacial score (nSPS) is 11.1. The van der Waals surface area contributed by atoms with Crippen LogP contribution in [0.5, 0.6) is 5.75 Å². The molecule has 0 aliphatic carbocycles. The summed E-state index contributed by atoms with van der Waals surface area (Å²) >= 11 is 0. The van der Waals surface area contributed by atoms with E-state index in [1.54, 1.807) is 24.3 Å². The highest BCUT2D eigenvalue weighted by atomic mass is 16.5. The van der Waals surface area contributed by atoms with E-state index in [0.717, 1.165) is 33.3 Å². The van der Waals surface area contributed by atoms with E-state index in [0.29, 0.717) is 6.61 Å². The lowest BCUT2D eigenvalue weighted by Crippen LogP contribution is -2.01. The number of fused-ring (bicyclic) bond motifs is 1. The molecule has 4 rings (SSSR count). The van der Waals surface area contributed by atoms with Gasteiger partial charge in [-0.1, -0.05) is 60.2 Å². The van der Waals surface area contributed by atoms with Crippen LogP contribution >= 0.6 is 0 Å². The fourth-order valence-corrected chi connectivity index (χ4v) is 3.21. The van der Waals surface area contributed by atoms with E-state index in [4.69, 9.17) is 9.84 Å². The molecule has 0 amide bonds. The van der Waals surface area contributed by atoms with Crippen LogP contribution in [0.15, 0.2) is 89.9 Å². The van der Waals surface area contributed by atoms with Crippen molar-refractivity contribution in [2.75, 3.05) is 0 Å². The Balaban J connectivity index is 1.64. The average Bonchev–Trinajstić information content (AvgIpc) is 2.77. The first-order chi connectivity index (χ1) is 14.6. The minimum atomic E-state index is -0.938. The molecule has 0 aliphatic rings. The number of hydrogen-bond acceptors (Lipinski definition) is 3. The van der Waals surface area contributed by atoms with Gasteiger partial charge in [0.05, 0.1) is 11.3 Å². The Kier molecular flexibility index (Phi) is 5.57. The number of hydrogen-bond donors (Lipinski definition) is 1. The van der Waals surface area contributed by atoms with Crippen molar-refractivity contribution >= 4 is 28.6 Å². The largest absolute Gasteiger partial charge is 0.488 e. The maximum absolute atomic E-state index is 11.0. The maximum Gasteiger partial charge on any atom is 0.335 e. The van der Waals surface area contributed by atoms with E-state index >= 15 is 0 Å². The van der Waals surface area contributed by atoms with Crippen LogP contribution in [0, 0.1) is 6.92 Å². The topological polar surface area (TPSA) is 58.9 Å². The van der Waals surface area contributed by atoms with Crippen molar-refractivity contribution in [3.05, 3.63) is 107 Å². The highest BCUT2D eigenvalue weighted by Crippen LogP contribution is 2.28. The predicted molar refractivity (Wildman–Crippen MR) is 120 cm³/mol. The molecule has 0 heterocycles. The molecular formula is C26H21NO3. The van der Waals surface area contributed by atoms with Gasteiger partial charge in [0.25, 0.3) is 0 Å². The van der Waals surface area contributed by atoms with Crippen LogP contribution in [-0.4, -0.2) is 17.3 Å². The number of aliphatic imine (C=N–C) groups is 1. The number of nitrogens with zero attached hydrogens (tertiary/aromatic N) is 1. The van der Waals surface area contributed by atoms with E-state index in [2.05, 4.69) is 17.1 Å². The molecule has 4 heteroatoms. The zero-order valence-electron chi connectivity index (χ0n) is 16.6. The lowest BCUT2D eigenvalue weighted by atomic mass is 10.0. The standard InChI is InChI=1S/C26H21NO3/c1-18-6-13-22(14-7-18)27-16-24-23-5-3-2-4-20(23)12-15-25(24)30-17-19-8-10-21(11-9-19)26(28)29/h2-16H,17H2,1H3,(H,28,29). The number of benzene rings is 4. The molecule has 0 saturated heterocycles. The molecule has 0 fully saturated rings. The second-order valence-electron chi connectivity index (χ2n) is 7.08. The third-order valence-corrected chi connectivity index (χ3v) is 4.90. The van der Waals surface area contributed by atoms with Gasteiger partial charge in [-0.05, 0) is 53.6 Å². The fourth-order valence-electron chi connectivity index (χ4n) is 3.21. The van der Waals surface area contributed by atoms with Gasteiger partial charge >= 0.3 is 5.97 Å². The van der Waals surface area contributed by atoms with Gasteiger partial charge in [0.2, 0.25) is 0 Å². The second kappa shape index (κ2) is 8.62. The van der Waals surface area contributed by atoms with E-state index in [9.17, 15) is 4.79 Å². The average molecular weight is 395 g/mol. The summed E-state index contributed by atoms with van der Waals surface area (Å²) in [6.45, 7) is 2.39. The molecule has 0 atom stereocenters. The van der Waals surface area contributed by atoms with Crippen molar-refractivity contribution in [3.8, 4) is 5.75 Å². The molecule has 148 valence electrons. The lowest BCUT2D eigenvalue weighted by Gasteiger charge is -2.12. The number of ether oxygens (including phenoxy) is 1. The molecule has 0 aliphatic heterocycles. The van der Waals surface area contributed by atoms with Gasteiger partial charge in [-0.3, -0.25) is 4.99 Å². The van der Waals surface area contributed by atoms with E-state index < -0.39 is 5.97 Å². The van der Waals surface area contributed by atoms with E-state index in [-0.39, 0.29) is 5.56 Å². The monoisotopic (exact) mass is 395 g/mol. The minimum Gasteiger partial charge on any atom is -0.488 e. The Morgan fingerprint density at radius 2 is 1.67 bits per heavy atom. The summed E-state index contributed by atoms with van der Waals surface area (Å²) in [5.74, 6) is -0.210. The van der Waals surface area contributed by atoms with Crippen molar-refractivity contribution in [2.24, 2.45) is 4.99 Å². The van der Waals surface area contributed by atoms with Gasteiger partial charge in [0.1, 0.15) is 12.4 Å². The molecule has 4 nitrogen and oxygen atoms in total. The van der Waals surface area contributed by atoms with Crippen molar-refractivity contribution < 1.29 is 14.6 Å². The quantitative estimate of drug-likeness (QED) is 0.397. The number of aryl methyl sites for hydroxylation is 1. The van der Waals surface area contributed by atoms with Crippen LogP contribution in [0.3, 0.4) is 0 Å². The Bertz CT molecular complexity index is 1210. The van der Waals surface area contributed by atoms with Gasteiger partial charge in [-0.25, -0.2) is 4.79 Å². The zero-order chi connectivity index (χ0) is 20.9. The van der Waals surface area contributed by atoms with Crippen molar-refractivity contribution in [1.29, 1.82) is 0 Å². The lowest BCUT2D eigenvalue weighted by molar-refractivity contribution is 0.0697. The third kappa shape index (κ3) is 4.39. The summed E-state index contributed by atoms with van der Waals surface area (Å²) in [7, 11) is 0. The van der Waals surface area contributed by atoms with Gasteiger partial charge < -0.3 is 9.84 Å². The summed E-state index contributed by atoms with van der Waals surface area (Å²) in [5, 5.41) is 11.2.